The van der Waals surface area contributed by atoms with Crippen LogP contribution < -0.4 is 0 Å². The molecule has 0 bridgehead atoms. The first-order valence-electron chi connectivity index (χ1n) is 11.4. The van der Waals surface area contributed by atoms with Gasteiger partial charge in [0.05, 0.1) is 6.04 Å². The summed E-state index contributed by atoms with van der Waals surface area (Å²) >= 11 is 0. The van der Waals surface area contributed by atoms with E-state index in [1.807, 2.05) is 18.2 Å². The Hall–Kier alpha value is -2.77. The van der Waals surface area contributed by atoms with Gasteiger partial charge in [-0.25, -0.2) is 0 Å². The molecule has 3 saturated heterocycles. The Labute approximate surface area is 189 Å². The van der Waals surface area contributed by atoms with Gasteiger partial charge in [0, 0.05) is 37.8 Å². The highest BCUT2D eigenvalue weighted by molar-refractivity contribution is 5.92. The molecule has 0 aliphatic carbocycles. The second-order valence-electron chi connectivity index (χ2n) is 9.05. The number of piperidine rings is 1. The third-order valence-electron chi connectivity index (χ3n) is 7.18. The van der Waals surface area contributed by atoms with Crippen molar-refractivity contribution in [1.82, 2.24) is 19.7 Å². The number of nitrogens with zero attached hydrogens (tertiary/aromatic N) is 4. The number of carbonyl (C=O) groups excluding carboxylic acids is 1. The van der Waals surface area contributed by atoms with Gasteiger partial charge in [-0.05, 0) is 56.6 Å². The van der Waals surface area contributed by atoms with E-state index in [0.29, 0.717) is 23.6 Å². The number of likely N-dealkylation sites (tertiary alicyclic amines) is 3. The molecule has 4 heterocycles. The number of benzene rings is 1. The molecule has 7 heteroatoms. The maximum atomic E-state index is 13.3. The Morgan fingerprint density at radius 2 is 1.72 bits per heavy atom. The van der Waals surface area contributed by atoms with Crippen molar-refractivity contribution in [2.24, 2.45) is 11.8 Å². The highest BCUT2D eigenvalue weighted by Crippen LogP contribution is 2.46. The van der Waals surface area contributed by atoms with Crippen LogP contribution in [0.4, 0.5) is 0 Å². The van der Waals surface area contributed by atoms with Crippen LogP contribution in [0.2, 0.25) is 0 Å². The summed E-state index contributed by atoms with van der Waals surface area (Å²) in [6.45, 7) is 5.20. The molecule has 2 aromatic rings. The van der Waals surface area contributed by atoms with Gasteiger partial charge in [-0.1, -0.05) is 36.4 Å². The summed E-state index contributed by atoms with van der Waals surface area (Å²) in [5.74, 6) is 1.12. The molecule has 3 aliphatic heterocycles. The summed E-state index contributed by atoms with van der Waals surface area (Å²) in [5.41, 5.74) is 1.81. The zero-order valence-corrected chi connectivity index (χ0v) is 18.6. The molecule has 3 atom stereocenters. The molecular weight excluding hydrogens is 404 g/mol. The Bertz CT molecular complexity index is 887. The lowest BCUT2D eigenvalue weighted by Gasteiger charge is -2.37. The normalized spacial score (nSPS) is 26.3. The summed E-state index contributed by atoms with van der Waals surface area (Å²) in [6, 6.07) is 17.1. The van der Waals surface area contributed by atoms with Crippen LogP contribution in [-0.4, -0.2) is 83.0 Å². The fourth-order valence-electron chi connectivity index (χ4n) is 5.66. The minimum absolute atomic E-state index is 0.0692. The van der Waals surface area contributed by atoms with E-state index in [0.717, 1.165) is 19.6 Å². The summed E-state index contributed by atoms with van der Waals surface area (Å²) < 4.78 is 0. The summed E-state index contributed by atoms with van der Waals surface area (Å²) in [5, 5.41) is 6.89. The van der Waals surface area contributed by atoms with Gasteiger partial charge in [0.15, 0.2) is 0 Å². The molecule has 1 aromatic heterocycles. The van der Waals surface area contributed by atoms with Crippen molar-refractivity contribution in [3.8, 4) is 0 Å². The Morgan fingerprint density at radius 1 is 1.03 bits per heavy atom. The first-order valence-corrected chi connectivity index (χ1v) is 11.4. The van der Waals surface area contributed by atoms with Gasteiger partial charge in [0.1, 0.15) is 5.69 Å². The van der Waals surface area contributed by atoms with Crippen molar-refractivity contribution < 1.29 is 14.7 Å². The lowest BCUT2D eigenvalue weighted by molar-refractivity contribution is -0.122. The first-order chi connectivity index (χ1) is 15.6. The number of hydrogen-bond donors (Lipinski definition) is 1. The van der Waals surface area contributed by atoms with E-state index in [-0.39, 0.29) is 18.4 Å². The van der Waals surface area contributed by atoms with Gasteiger partial charge in [-0.3, -0.25) is 19.5 Å². The van der Waals surface area contributed by atoms with Crippen molar-refractivity contribution in [3.05, 3.63) is 66.0 Å². The molecule has 0 spiro atoms. The van der Waals surface area contributed by atoms with Crippen LogP contribution in [0.15, 0.2) is 54.7 Å². The zero-order valence-electron chi connectivity index (χ0n) is 18.6. The lowest BCUT2D eigenvalue weighted by Crippen LogP contribution is -2.44. The maximum Gasteiger partial charge on any atom is 0.290 e. The van der Waals surface area contributed by atoms with Gasteiger partial charge in [-0.15, -0.1) is 0 Å². The largest absolute Gasteiger partial charge is 0.483 e. The van der Waals surface area contributed by atoms with Crippen LogP contribution in [0.3, 0.4) is 0 Å². The van der Waals surface area contributed by atoms with E-state index in [1.165, 1.54) is 31.5 Å². The van der Waals surface area contributed by atoms with Crippen LogP contribution in [0.25, 0.3) is 0 Å². The summed E-state index contributed by atoms with van der Waals surface area (Å²) in [6.07, 6.45) is 4.24. The third-order valence-corrected chi connectivity index (χ3v) is 7.18. The number of fused-ring (bicyclic) bond motifs is 1. The van der Waals surface area contributed by atoms with Crippen molar-refractivity contribution in [2.75, 3.05) is 39.8 Å². The fourth-order valence-corrected chi connectivity index (χ4v) is 5.66. The molecule has 1 N–H and O–H groups in total. The van der Waals surface area contributed by atoms with Crippen LogP contribution in [0, 0.1) is 11.8 Å². The van der Waals surface area contributed by atoms with E-state index in [2.05, 4.69) is 57.1 Å². The average molecular weight is 437 g/mol. The minimum Gasteiger partial charge on any atom is -0.483 e. The van der Waals surface area contributed by atoms with Crippen molar-refractivity contribution in [1.29, 1.82) is 0 Å². The van der Waals surface area contributed by atoms with Gasteiger partial charge >= 0.3 is 0 Å². The highest BCUT2D eigenvalue weighted by Gasteiger charge is 2.50. The van der Waals surface area contributed by atoms with E-state index < -0.39 is 0 Å². The number of amides is 1. The number of hydrogen-bond acceptors (Lipinski definition) is 5. The topological polar surface area (TPSA) is 77.0 Å². The second kappa shape index (κ2) is 10.2. The molecular formula is C25H32N4O3. The van der Waals surface area contributed by atoms with Gasteiger partial charge in [0.25, 0.3) is 12.4 Å². The lowest BCUT2D eigenvalue weighted by atomic mass is 9.89. The Morgan fingerprint density at radius 3 is 2.38 bits per heavy atom. The average Bonchev–Trinajstić information content (AvgIpc) is 3.39. The molecule has 0 unspecified atom stereocenters. The van der Waals surface area contributed by atoms with Gasteiger partial charge < -0.3 is 14.9 Å². The molecule has 7 nitrogen and oxygen atoms in total. The van der Waals surface area contributed by atoms with Crippen LogP contribution in [0.5, 0.6) is 0 Å². The standard InChI is InChI=1S/C24H30N4O.CH2O2/c1-26-13-10-20(11-14-26)27-15-19-16-28(24(29)22-9-5-6-12-25-22)23(21(19)17-27)18-7-3-2-4-8-18;2-1-3/h2-9,12,19-21,23H,10-11,13-17H2,1H3;1H,(H,2,3)/t19-,21-,23+;/m0./s1. The monoisotopic (exact) mass is 436 g/mol. The zero-order chi connectivity index (χ0) is 22.5. The van der Waals surface area contributed by atoms with E-state index in [9.17, 15) is 4.79 Å². The highest BCUT2D eigenvalue weighted by atomic mass is 16.3. The summed E-state index contributed by atoms with van der Waals surface area (Å²) in [4.78, 5) is 33.3. The predicted molar refractivity (Wildman–Crippen MR) is 122 cm³/mol. The number of rotatable bonds is 3. The van der Waals surface area contributed by atoms with Crippen LogP contribution in [0.1, 0.15) is 34.9 Å². The predicted octanol–water partition coefficient (Wildman–Crippen LogP) is 2.62. The molecule has 1 aromatic carbocycles. The maximum absolute atomic E-state index is 13.3. The molecule has 170 valence electrons. The van der Waals surface area contributed by atoms with Crippen molar-refractivity contribution in [3.63, 3.8) is 0 Å². The molecule has 5 rings (SSSR count). The van der Waals surface area contributed by atoms with Crippen molar-refractivity contribution in [2.45, 2.75) is 24.9 Å². The number of carbonyl (C=O) groups is 2. The smallest absolute Gasteiger partial charge is 0.290 e. The first kappa shape index (κ1) is 22.4. The Kier molecular flexibility index (Phi) is 7.17. The number of carboxylic acid groups (broad SMARTS) is 1. The molecule has 0 radical (unpaired) electrons. The number of pyridine rings is 1. The molecule has 3 fully saturated rings. The second-order valence-corrected chi connectivity index (χ2v) is 9.05. The molecule has 1 amide bonds. The van der Waals surface area contributed by atoms with Crippen molar-refractivity contribution >= 4 is 12.4 Å². The van der Waals surface area contributed by atoms with Gasteiger partial charge in [0.2, 0.25) is 0 Å². The van der Waals surface area contributed by atoms with Crippen LogP contribution in [-0.2, 0) is 4.79 Å². The van der Waals surface area contributed by atoms with Gasteiger partial charge in [-0.2, -0.15) is 0 Å². The SMILES string of the molecule is CN1CCC(N2C[C@H]3CN(C(=O)c4ccccn4)[C@H](c4ccccc4)[C@H]3C2)CC1.O=CO. The molecule has 3 aliphatic rings. The van der Waals surface area contributed by atoms with Crippen LogP contribution >= 0.6 is 0 Å². The Balaban J connectivity index is 0.000000775. The molecule has 32 heavy (non-hydrogen) atoms. The van der Waals surface area contributed by atoms with E-state index >= 15 is 0 Å². The minimum atomic E-state index is -0.250. The third kappa shape index (κ3) is 4.69. The van der Waals surface area contributed by atoms with E-state index in [1.54, 1.807) is 6.20 Å². The number of aromatic nitrogens is 1. The molecule has 0 saturated carbocycles. The van der Waals surface area contributed by atoms with E-state index in [4.69, 9.17) is 9.90 Å². The summed E-state index contributed by atoms with van der Waals surface area (Å²) in [7, 11) is 2.22. The quantitative estimate of drug-likeness (QED) is 0.746. The fraction of sp³-hybridized carbons (Fsp3) is 0.480.